The van der Waals surface area contributed by atoms with E-state index in [1.807, 2.05) is 6.92 Å². The topological polar surface area (TPSA) is 113 Å². The Labute approximate surface area is 169 Å². The van der Waals surface area contributed by atoms with E-state index in [-0.39, 0.29) is 29.5 Å². The van der Waals surface area contributed by atoms with Gasteiger partial charge >= 0.3 is 5.97 Å². The second-order valence-electron chi connectivity index (χ2n) is 6.89. The zero-order valence-corrected chi connectivity index (χ0v) is 16.9. The van der Waals surface area contributed by atoms with Crippen LogP contribution in [-0.2, 0) is 19.1 Å². The third kappa shape index (κ3) is 4.61. The summed E-state index contributed by atoms with van der Waals surface area (Å²) >= 11 is 0. The van der Waals surface area contributed by atoms with Gasteiger partial charge in [-0.1, -0.05) is 32.4 Å². The molecule has 0 saturated heterocycles. The number of hydrogen-bond donors (Lipinski definition) is 1. The number of fused-ring (bicyclic) bond motifs is 1. The molecule has 1 aliphatic rings. The Bertz CT molecular complexity index is 802. The Morgan fingerprint density at radius 1 is 1.14 bits per heavy atom. The smallest absolute Gasteiger partial charge is 0.330 e. The SMILES string of the molecule is CC[C@H](C)[C@@H](C(=O)OCC(=O)N(C)CC(=O)NC)N1C(=O)c2ccccc2C1=O. The predicted octanol–water partition coefficient (Wildman–Crippen LogP) is 0.445. The molecule has 0 radical (unpaired) electrons. The molecule has 2 rings (SSSR count). The molecule has 156 valence electrons. The van der Waals surface area contributed by atoms with Crippen LogP contribution < -0.4 is 5.32 Å². The zero-order chi connectivity index (χ0) is 21.7. The number of benzene rings is 1. The Balaban J connectivity index is 2.14. The zero-order valence-electron chi connectivity index (χ0n) is 16.9. The lowest BCUT2D eigenvalue weighted by Gasteiger charge is -2.29. The first-order valence-electron chi connectivity index (χ1n) is 9.31. The molecule has 1 heterocycles. The molecule has 9 heteroatoms. The molecule has 9 nitrogen and oxygen atoms in total. The molecule has 0 fully saturated rings. The number of nitrogens with one attached hydrogen (secondary N) is 1. The highest BCUT2D eigenvalue weighted by molar-refractivity contribution is 6.22. The van der Waals surface area contributed by atoms with E-state index in [9.17, 15) is 24.0 Å². The van der Waals surface area contributed by atoms with Crippen molar-refractivity contribution in [2.75, 3.05) is 27.2 Å². The Morgan fingerprint density at radius 3 is 2.17 bits per heavy atom. The van der Waals surface area contributed by atoms with E-state index < -0.39 is 36.3 Å². The second kappa shape index (κ2) is 9.31. The predicted molar refractivity (Wildman–Crippen MR) is 103 cm³/mol. The molecule has 1 aliphatic heterocycles. The van der Waals surface area contributed by atoms with Crippen LogP contribution in [0.25, 0.3) is 0 Å². The van der Waals surface area contributed by atoms with Gasteiger partial charge in [0.2, 0.25) is 5.91 Å². The van der Waals surface area contributed by atoms with Gasteiger partial charge in [-0.2, -0.15) is 0 Å². The molecule has 0 saturated carbocycles. The van der Waals surface area contributed by atoms with Gasteiger partial charge in [-0.3, -0.25) is 24.1 Å². The quantitative estimate of drug-likeness (QED) is 0.498. The van der Waals surface area contributed by atoms with Crippen molar-refractivity contribution in [1.82, 2.24) is 15.1 Å². The van der Waals surface area contributed by atoms with Crippen LogP contribution >= 0.6 is 0 Å². The summed E-state index contributed by atoms with van der Waals surface area (Å²) in [5.41, 5.74) is 0.472. The number of hydrogen-bond acceptors (Lipinski definition) is 6. The maximum absolute atomic E-state index is 12.8. The summed E-state index contributed by atoms with van der Waals surface area (Å²) in [5.74, 6) is -3.27. The highest BCUT2D eigenvalue weighted by Crippen LogP contribution is 2.28. The number of esters is 1. The van der Waals surface area contributed by atoms with E-state index in [4.69, 9.17) is 4.74 Å². The third-order valence-corrected chi connectivity index (χ3v) is 4.95. The first kappa shape index (κ1) is 22.1. The van der Waals surface area contributed by atoms with Gasteiger partial charge in [-0.25, -0.2) is 4.79 Å². The minimum atomic E-state index is -1.15. The number of nitrogens with zero attached hydrogens (tertiary/aromatic N) is 2. The number of amides is 4. The maximum atomic E-state index is 12.8. The van der Waals surface area contributed by atoms with E-state index >= 15 is 0 Å². The van der Waals surface area contributed by atoms with Crippen LogP contribution in [0.1, 0.15) is 41.0 Å². The van der Waals surface area contributed by atoms with Gasteiger partial charge in [-0.15, -0.1) is 0 Å². The van der Waals surface area contributed by atoms with Crippen molar-refractivity contribution >= 4 is 29.6 Å². The van der Waals surface area contributed by atoms with Crippen molar-refractivity contribution in [2.24, 2.45) is 5.92 Å². The number of rotatable bonds is 8. The van der Waals surface area contributed by atoms with E-state index in [1.54, 1.807) is 19.1 Å². The number of imide groups is 1. The number of likely N-dealkylation sites (N-methyl/N-ethyl adjacent to an activating group) is 2. The van der Waals surface area contributed by atoms with Crippen LogP contribution in [-0.4, -0.2) is 72.7 Å². The molecule has 29 heavy (non-hydrogen) atoms. The molecule has 0 aromatic heterocycles. The Hall–Kier alpha value is -3.23. The van der Waals surface area contributed by atoms with Crippen molar-refractivity contribution < 1.29 is 28.7 Å². The molecule has 1 aromatic carbocycles. The number of ether oxygens (including phenoxy) is 1. The Morgan fingerprint density at radius 2 is 1.69 bits per heavy atom. The standard InChI is InChI=1S/C20H25N3O6/c1-5-12(2)17(20(28)29-11-16(25)22(4)10-15(24)21-3)23-18(26)13-8-6-7-9-14(13)19(23)27/h6-9,12,17H,5,10-11H2,1-4H3,(H,21,24)/t12-,17-/m0/s1. The highest BCUT2D eigenvalue weighted by atomic mass is 16.5. The molecule has 0 unspecified atom stereocenters. The first-order chi connectivity index (χ1) is 13.7. The van der Waals surface area contributed by atoms with Crippen LogP contribution in [0, 0.1) is 5.92 Å². The third-order valence-electron chi connectivity index (χ3n) is 4.95. The van der Waals surface area contributed by atoms with Crippen LogP contribution in [0.2, 0.25) is 0 Å². The highest BCUT2D eigenvalue weighted by Gasteiger charge is 2.45. The number of carbonyl (C=O) groups is 5. The van der Waals surface area contributed by atoms with E-state index in [2.05, 4.69) is 5.32 Å². The fourth-order valence-corrected chi connectivity index (χ4v) is 2.99. The van der Waals surface area contributed by atoms with Crippen LogP contribution in [0.3, 0.4) is 0 Å². The van der Waals surface area contributed by atoms with Gasteiger partial charge in [0.1, 0.15) is 6.04 Å². The molecular weight excluding hydrogens is 378 g/mol. The minimum absolute atomic E-state index is 0.180. The normalized spacial score (nSPS) is 14.8. The van der Waals surface area contributed by atoms with Crippen molar-refractivity contribution in [3.8, 4) is 0 Å². The molecule has 1 aromatic rings. The first-order valence-corrected chi connectivity index (χ1v) is 9.31. The lowest BCUT2D eigenvalue weighted by molar-refractivity contribution is -0.156. The van der Waals surface area contributed by atoms with Gasteiger partial charge in [-0.05, 0) is 18.1 Å². The van der Waals surface area contributed by atoms with Crippen LogP contribution in [0.5, 0.6) is 0 Å². The lowest BCUT2D eigenvalue weighted by atomic mass is 9.97. The summed E-state index contributed by atoms with van der Waals surface area (Å²) in [6, 6.07) is 5.21. The van der Waals surface area contributed by atoms with Gasteiger partial charge in [0.15, 0.2) is 6.61 Å². The fourth-order valence-electron chi connectivity index (χ4n) is 2.99. The van der Waals surface area contributed by atoms with Crippen LogP contribution in [0.4, 0.5) is 0 Å². The minimum Gasteiger partial charge on any atom is -0.454 e. The van der Waals surface area contributed by atoms with Gasteiger partial charge < -0.3 is 15.0 Å². The molecule has 0 spiro atoms. The molecule has 4 amide bonds. The average Bonchev–Trinajstić information content (AvgIpc) is 2.97. The molecule has 0 aliphatic carbocycles. The largest absolute Gasteiger partial charge is 0.454 e. The van der Waals surface area contributed by atoms with E-state index in [0.29, 0.717) is 6.42 Å². The summed E-state index contributed by atoms with van der Waals surface area (Å²) in [6.07, 6.45) is 0.512. The van der Waals surface area contributed by atoms with Gasteiger partial charge in [0, 0.05) is 14.1 Å². The maximum Gasteiger partial charge on any atom is 0.330 e. The average molecular weight is 403 g/mol. The summed E-state index contributed by atoms with van der Waals surface area (Å²) < 4.78 is 5.13. The van der Waals surface area contributed by atoms with Crippen molar-refractivity contribution in [3.05, 3.63) is 35.4 Å². The second-order valence-corrected chi connectivity index (χ2v) is 6.89. The van der Waals surface area contributed by atoms with Gasteiger partial charge in [0.25, 0.3) is 17.7 Å². The molecular formula is C20H25N3O6. The van der Waals surface area contributed by atoms with Crippen molar-refractivity contribution in [2.45, 2.75) is 26.3 Å². The summed E-state index contributed by atoms with van der Waals surface area (Å²) in [4.78, 5) is 63.8. The van der Waals surface area contributed by atoms with Gasteiger partial charge in [0.05, 0.1) is 17.7 Å². The summed E-state index contributed by atoms with van der Waals surface area (Å²) in [5, 5.41) is 2.39. The fraction of sp³-hybridized carbons (Fsp3) is 0.450. The molecule has 2 atom stereocenters. The summed E-state index contributed by atoms with van der Waals surface area (Å²) in [6.45, 7) is 2.78. The molecule has 0 bridgehead atoms. The monoisotopic (exact) mass is 403 g/mol. The van der Waals surface area contributed by atoms with E-state index in [0.717, 1.165) is 9.80 Å². The lowest BCUT2D eigenvalue weighted by Crippen LogP contribution is -2.50. The Kier molecular flexibility index (Phi) is 7.08. The summed E-state index contributed by atoms with van der Waals surface area (Å²) in [7, 11) is 2.85. The van der Waals surface area contributed by atoms with E-state index in [1.165, 1.54) is 26.2 Å². The van der Waals surface area contributed by atoms with Crippen LogP contribution in [0.15, 0.2) is 24.3 Å². The molecule has 1 N–H and O–H groups in total. The van der Waals surface area contributed by atoms with Crippen molar-refractivity contribution in [3.63, 3.8) is 0 Å². The van der Waals surface area contributed by atoms with Crippen molar-refractivity contribution in [1.29, 1.82) is 0 Å². The number of carbonyl (C=O) groups excluding carboxylic acids is 5.